The minimum absolute atomic E-state index is 0.376. The number of benzene rings is 2. The van der Waals surface area contributed by atoms with Gasteiger partial charge in [0.15, 0.2) is 0 Å². The molecule has 2 rings (SSSR count). The van der Waals surface area contributed by atoms with Crippen molar-refractivity contribution in [3.63, 3.8) is 0 Å². The smallest absolute Gasteiger partial charge is 0.260 e. The average Bonchev–Trinajstić information content (AvgIpc) is 2.41. The molecule has 18 heavy (non-hydrogen) atoms. The molecule has 0 aliphatic rings. The van der Waals surface area contributed by atoms with Crippen LogP contribution >= 0.6 is 27.5 Å². The highest BCUT2D eigenvalue weighted by molar-refractivity contribution is 9.12. The van der Waals surface area contributed by atoms with Gasteiger partial charge >= 0.3 is 0 Å². The van der Waals surface area contributed by atoms with Crippen LogP contribution in [0.2, 0.25) is 0 Å². The summed E-state index contributed by atoms with van der Waals surface area (Å²) in [7, 11) is 0. The number of carbonyl (C=O) groups is 1. The third kappa shape index (κ3) is 2.89. The van der Waals surface area contributed by atoms with Gasteiger partial charge in [0, 0.05) is 5.57 Å². The molecular weight excluding hydrogens is 312 g/mol. The number of halogens is 2. The molecule has 0 amide bonds. The van der Waals surface area contributed by atoms with Crippen molar-refractivity contribution in [1.29, 1.82) is 0 Å². The maximum Gasteiger partial charge on any atom is 0.260 e. The number of hydrogen-bond acceptors (Lipinski definition) is 1. The fourth-order valence-corrected chi connectivity index (χ4v) is 2.28. The van der Waals surface area contributed by atoms with Crippen LogP contribution in [0.5, 0.6) is 0 Å². The molecule has 0 radical (unpaired) electrons. The maximum absolute atomic E-state index is 11.4. The summed E-state index contributed by atoms with van der Waals surface area (Å²) in [5, 5.41) is -0.502. The second-order valence-corrected chi connectivity index (χ2v) is 4.83. The molecule has 0 saturated carbocycles. The van der Waals surface area contributed by atoms with E-state index in [0.717, 1.165) is 16.7 Å². The molecule has 0 saturated heterocycles. The standard InChI is InChI=1S/C15H10BrClO/c16-14(15(17)18)13(11-7-3-1-4-8-11)12-9-5-2-6-10-12/h1-10H. The lowest BCUT2D eigenvalue weighted by molar-refractivity contribution is -0.107. The Morgan fingerprint density at radius 3 is 1.56 bits per heavy atom. The van der Waals surface area contributed by atoms with Crippen molar-refractivity contribution in [2.24, 2.45) is 0 Å². The first-order valence-electron chi connectivity index (χ1n) is 5.40. The highest BCUT2D eigenvalue weighted by Crippen LogP contribution is 2.30. The molecule has 0 bridgehead atoms. The molecule has 0 aliphatic heterocycles. The molecule has 0 aromatic heterocycles. The highest BCUT2D eigenvalue weighted by Gasteiger charge is 2.14. The molecule has 0 heterocycles. The van der Waals surface area contributed by atoms with Gasteiger partial charge in [0.1, 0.15) is 0 Å². The van der Waals surface area contributed by atoms with E-state index in [-0.39, 0.29) is 0 Å². The molecule has 3 heteroatoms. The van der Waals surface area contributed by atoms with Crippen molar-refractivity contribution in [3.05, 3.63) is 76.3 Å². The Kier molecular flexibility index (Phi) is 4.34. The Labute approximate surface area is 119 Å². The molecular formula is C15H10BrClO. The van der Waals surface area contributed by atoms with Gasteiger partial charge in [-0.1, -0.05) is 60.7 Å². The van der Waals surface area contributed by atoms with E-state index >= 15 is 0 Å². The lowest BCUT2D eigenvalue weighted by Gasteiger charge is -2.09. The molecule has 0 fully saturated rings. The molecule has 0 atom stereocenters. The predicted octanol–water partition coefficient (Wildman–Crippen LogP) is 4.61. The Morgan fingerprint density at radius 1 is 0.833 bits per heavy atom. The minimum atomic E-state index is -0.502. The van der Waals surface area contributed by atoms with Gasteiger partial charge in [-0.15, -0.1) is 0 Å². The van der Waals surface area contributed by atoms with Gasteiger partial charge < -0.3 is 0 Å². The van der Waals surface area contributed by atoms with Crippen LogP contribution in [0.15, 0.2) is 65.1 Å². The SMILES string of the molecule is O=C(Cl)C(Br)=C(c1ccccc1)c1ccccc1. The van der Waals surface area contributed by atoms with E-state index in [1.807, 2.05) is 60.7 Å². The first-order chi connectivity index (χ1) is 8.70. The lowest BCUT2D eigenvalue weighted by atomic mass is 9.98. The third-order valence-corrected chi connectivity index (χ3v) is 3.69. The van der Waals surface area contributed by atoms with E-state index in [1.165, 1.54) is 0 Å². The first-order valence-corrected chi connectivity index (χ1v) is 6.57. The Balaban J connectivity index is 2.64. The van der Waals surface area contributed by atoms with Gasteiger partial charge in [-0.05, 0) is 38.7 Å². The molecule has 0 unspecified atom stereocenters. The van der Waals surface area contributed by atoms with Gasteiger partial charge in [-0.3, -0.25) is 4.79 Å². The third-order valence-electron chi connectivity index (χ3n) is 2.52. The number of allylic oxidation sites excluding steroid dienone is 1. The second-order valence-electron chi connectivity index (χ2n) is 3.69. The number of carbonyl (C=O) groups excluding carboxylic acids is 1. The van der Waals surface area contributed by atoms with Gasteiger partial charge in [0.2, 0.25) is 0 Å². The highest BCUT2D eigenvalue weighted by atomic mass is 79.9. The van der Waals surface area contributed by atoms with Crippen molar-refractivity contribution in [2.45, 2.75) is 0 Å². The van der Waals surface area contributed by atoms with Crippen LogP contribution in [0.4, 0.5) is 0 Å². The van der Waals surface area contributed by atoms with Gasteiger partial charge in [0.25, 0.3) is 5.24 Å². The van der Waals surface area contributed by atoms with E-state index in [2.05, 4.69) is 15.9 Å². The number of hydrogen-bond donors (Lipinski definition) is 0. The topological polar surface area (TPSA) is 17.1 Å². The fraction of sp³-hybridized carbons (Fsp3) is 0. The molecule has 0 spiro atoms. The molecule has 0 N–H and O–H groups in total. The normalized spacial score (nSPS) is 9.89. The molecule has 2 aromatic rings. The van der Waals surface area contributed by atoms with Crippen molar-refractivity contribution in [1.82, 2.24) is 0 Å². The summed E-state index contributed by atoms with van der Waals surface area (Å²) in [6.45, 7) is 0. The van der Waals surface area contributed by atoms with Crippen molar-refractivity contribution in [3.8, 4) is 0 Å². The molecule has 0 aliphatic carbocycles. The van der Waals surface area contributed by atoms with E-state index in [1.54, 1.807) is 0 Å². The summed E-state index contributed by atoms with van der Waals surface area (Å²) in [5.41, 5.74) is 2.70. The van der Waals surface area contributed by atoms with Crippen molar-refractivity contribution in [2.75, 3.05) is 0 Å². The molecule has 90 valence electrons. The largest absolute Gasteiger partial charge is 0.275 e. The van der Waals surface area contributed by atoms with Crippen molar-refractivity contribution >= 4 is 38.3 Å². The second kappa shape index (κ2) is 5.98. The monoisotopic (exact) mass is 320 g/mol. The van der Waals surface area contributed by atoms with Crippen LogP contribution in [0, 0.1) is 0 Å². The zero-order chi connectivity index (χ0) is 13.0. The molecule has 2 aromatic carbocycles. The summed E-state index contributed by atoms with van der Waals surface area (Å²) in [5.74, 6) is 0. The lowest BCUT2D eigenvalue weighted by Crippen LogP contribution is -1.95. The predicted molar refractivity (Wildman–Crippen MR) is 78.7 cm³/mol. The summed E-state index contributed by atoms with van der Waals surface area (Å²) < 4.78 is 0.376. The van der Waals surface area contributed by atoms with Gasteiger partial charge in [-0.2, -0.15) is 0 Å². The fourth-order valence-electron chi connectivity index (χ4n) is 1.73. The van der Waals surface area contributed by atoms with Crippen LogP contribution < -0.4 is 0 Å². The summed E-state index contributed by atoms with van der Waals surface area (Å²) in [6, 6.07) is 19.4. The van der Waals surface area contributed by atoms with Crippen LogP contribution in [0.25, 0.3) is 5.57 Å². The molecule has 1 nitrogen and oxygen atoms in total. The summed E-state index contributed by atoms with van der Waals surface area (Å²) in [4.78, 5) is 11.4. The Bertz CT molecular complexity index is 534. The zero-order valence-electron chi connectivity index (χ0n) is 9.44. The van der Waals surface area contributed by atoms with Crippen LogP contribution in [-0.2, 0) is 4.79 Å². The minimum Gasteiger partial charge on any atom is -0.275 e. The zero-order valence-corrected chi connectivity index (χ0v) is 11.8. The number of rotatable bonds is 3. The van der Waals surface area contributed by atoms with Crippen molar-refractivity contribution < 1.29 is 4.79 Å². The maximum atomic E-state index is 11.4. The van der Waals surface area contributed by atoms with E-state index in [4.69, 9.17) is 11.6 Å². The Morgan fingerprint density at radius 2 is 1.22 bits per heavy atom. The first kappa shape index (κ1) is 13.1. The quantitative estimate of drug-likeness (QED) is 0.596. The van der Waals surface area contributed by atoms with E-state index in [9.17, 15) is 4.79 Å². The van der Waals surface area contributed by atoms with Gasteiger partial charge in [0.05, 0.1) is 4.48 Å². The van der Waals surface area contributed by atoms with Crippen LogP contribution in [0.1, 0.15) is 11.1 Å². The Hall–Kier alpha value is -1.38. The van der Waals surface area contributed by atoms with Crippen LogP contribution in [0.3, 0.4) is 0 Å². The van der Waals surface area contributed by atoms with Crippen LogP contribution in [-0.4, -0.2) is 5.24 Å². The summed E-state index contributed by atoms with van der Waals surface area (Å²) in [6.07, 6.45) is 0. The van der Waals surface area contributed by atoms with Gasteiger partial charge in [-0.25, -0.2) is 0 Å². The van der Waals surface area contributed by atoms with E-state index < -0.39 is 5.24 Å². The van der Waals surface area contributed by atoms with E-state index in [0.29, 0.717) is 4.48 Å². The summed E-state index contributed by atoms with van der Waals surface area (Å²) >= 11 is 8.86. The average molecular weight is 322 g/mol.